The number of rotatable bonds is 13. The van der Waals surface area contributed by atoms with Crippen LogP contribution in [0, 0.1) is 0 Å². The van der Waals surface area contributed by atoms with Gasteiger partial charge in [0.15, 0.2) is 8.07 Å². The molecule has 414 valence electrons. The number of aromatic nitrogens is 9. The van der Waals surface area contributed by atoms with E-state index in [0.717, 1.165) is 103 Å². The third kappa shape index (κ3) is 8.61. The maximum Gasteiger partial charge on any atom is 0.179 e. The molecule has 4 aromatic carbocycles. The molecule has 0 bridgehead atoms. The van der Waals surface area contributed by atoms with Gasteiger partial charge in [0.1, 0.15) is 33.9 Å². The van der Waals surface area contributed by atoms with Crippen molar-refractivity contribution in [1.82, 2.24) is 43.6 Å². The van der Waals surface area contributed by atoms with E-state index in [-0.39, 0.29) is 21.7 Å². The molecule has 10 heteroatoms. The molecule has 0 saturated carbocycles. The predicted molar refractivity (Wildman–Crippen MR) is 348 cm³/mol. The maximum atomic E-state index is 5.24. The standard InChI is InChI=1S/C73H73N9Si/c1-13-71(7,8)48-41-61-58-22-17-37-74-64(58)80(67(61)77-44-48)51-25-31-54(32-26-51)83(57-21-16-20-47(40-57)70(4,5)6,55-33-27-52(28-34-55)81-65-59(23-18-38-75-65)62-42-49(45-78-68(62)81)72(9,10)14-2)56-35-29-53(30-36-56)82-66-60(24-19-39-76-66)63-43-50(46-79-69(63)82)73(11,12)15-3/h16-46H,13-15H2,1-12H3. The topological polar surface area (TPSA) is 92.1 Å². The molecule has 0 unspecified atom stereocenters. The Morgan fingerprint density at radius 1 is 0.313 bits per heavy atom. The van der Waals surface area contributed by atoms with E-state index in [2.05, 4.69) is 249 Å². The summed E-state index contributed by atoms with van der Waals surface area (Å²) in [5, 5.41) is 11.6. The van der Waals surface area contributed by atoms with Crippen LogP contribution in [0.3, 0.4) is 0 Å². The van der Waals surface area contributed by atoms with Crippen molar-refractivity contribution in [3.8, 4) is 17.1 Å². The van der Waals surface area contributed by atoms with Crippen molar-refractivity contribution in [3.63, 3.8) is 0 Å². The Bertz CT molecular complexity index is 4200. The van der Waals surface area contributed by atoms with E-state index in [0.29, 0.717) is 0 Å². The summed E-state index contributed by atoms with van der Waals surface area (Å²) in [4.78, 5) is 30.8. The lowest BCUT2D eigenvalue weighted by Gasteiger charge is -2.36. The first-order valence-electron chi connectivity index (χ1n) is 29.6. The summed E-state index contributed by atoms with van der Waals surface area (Å²) < 4.78 is 6.72. The van der Waals surface area contributed by atoms with E-state index in [1.165, 1.54) is 43.0 Å². The van der Waals surface area contributed by atoms with Crippen LogP contribution in [0.2, 0.25) is 0 Å². The van der Waals surface area contributed by atoms with E-state index < -0.39 is 8.07 Å². The second-order valence-electron chi connectivity index (χ2n) is 25.8. The second kappa shape index (κ2) is 19.8. The molecule has 0 aliphatic carbocycles. The third-order valence-electron chi connectivity index (χ3n) is 18.9. The number of hydrogen-bond acceptors (Lipinski definition) is 6. The van der Waals surface area contributed by atoms with Crippen LogP contribution in [-0.2, 0) is 21.7 Å². The Hall–Kier alpha value is -8.60. The number of hydrogen-bond donors (Lipinski definition) is 0. The summed E-state index contributed by atoms with van der Waals surface area (Å²) in [5.74, 6) is 0. The van der Waals surface area contributed by atoms with Crippen molar-refractivity contribution in [2.75, 3.05) is 0 Å². The molecule has 0 radical (unpaired) electrons. The average Bonchev–Trinajstić information content (AvgIpc) is 3.71. The van der Waals surface area contributed by atoms with Gasteiger partial charge >= 0.3 is 0 Å². The van der Waals surface area contributed by atoms with Gasteiger partial charge in [0.2, 0.25) is 0 Å². The minimum atomic E-state index is -3.28. The summed E-state index contributed by atoms with van der Waals surface area (Å²) in [5.41, 5.74) is 13.2. The van der Waals surface area contributed by atoms with E-state index in [1.54, 1.807) is 0 Å². The summed E-state index contributed by atoms with van der Waals surface area (Å²) in [6.45, 7) is 27.5. The van der Waals surface area contributed by atoms with Crippen LogP contribution in [0.25, 0.3) is 83.3 Å². The molecule has 9 heterocycles. The Morgan fingerprint density at radius 2 is 0.627 bits per heavy atom. The average molecular weight is 1100 g/mol. The summed E-state index contributed by atoms with van der Waals surface area (Å²) in [7, 11) is -3.28. The fourth-order valence-corrected chi connectivity index (χ4v) is 17.1. The van der Waals surface area contributed by atoms with Crippen LogP contribution >= 0.6 is 0 Å². The van der Waals surface area contributed by atoms with Gasteiger partial charge in [-0.25, -0.2) is 29.9 Å². The largest absolute Gasteiger partial charge is 0.278 e. The van der Waals surface area contributed by atoms with Crippen molar-refractivity contribution >= 4 is 95.0 Å². The molecule has 0 fully saturated rings. The van der Waals surface area contributed by atoms with E-state index in [9.17, 15) is 0 Å². The highest BCUT2D eigenvalue weighted by molar-refractivity contribution is 7.19. The molecule has 9 nitrogen and oxygen atoms in total. The highest BCUT2D eigenvalue weighted by Crippen LogP contribution is 2.38. The van der Waals surface area contributed by atoms with Crippen molar-refractivity contribution in [2.45, 2.75) is 124 Å². The second-order valence-corrected chi connectivity index (χ2v) is 29.7. The fourth-order valence-electron chi connectivity index (χ4n) is 12.4. The first-order chi connectivity index (χ1) is 39.9. The zero-order valence-electron chi connectivity index (χ0n) is 50.0. The van der Waals surface area contributed by atoms with Gasteiger partial charge in [0, 0.05) is 86.6 Å². The Labute approximate surface area is 488 Å². The summed E-state index contributed by atoms with van der Waals surface area (Å²) >= 11 is 0. The Morgan fingerprint density at radius 3 is 0.928 bits per heavy atom. The van der Waals surface area contributed by atoms with E-state index >= 15 is 0 Å². The lowest BCUT2D eigenvalue weighted by atomic mass is 9.83. The minimum Gasteiger partial charge on any atom is -0.278 e. The van der Waals surface area contributed by atoms with Crippen molar-refractivity contribution in [1.29, 1.82) is 0 Å². The highest BCUT2D eigenvalue weighted by atomic mass is 28.3. The van der Waals surface area contributed by atoms with E-state index in [1.807, 2.05) is 36.8 Å². The molecular formula is C73H73N9Si. The molecule has 0 aliphatic rings. The van der Waals surface area contributed by atoms with Crippen LogP contribution in [0.1, 0.15) is 125 Å². The monoisotopic (exact) mass is 1100 g/mol. The van der Waals surface area contributed by atoms with Crippen LogP contribution in [0.4, 0.5) is 0 Å². The summed E-state index contributed by atoms with van der Waals surface area (Å²) in [6.07, 6.45) is 14.9. The number of pyridine rings is 6. The van der Waals surface area contributed by atoms with Crippen LogP contribution in [0.15, 0.2) is 189 Å². The Balaban J connectivity index is 1.05. The van der Waals surface area contributed by atoms with Gasteiger partial charge in [0.25, 0.3) is 0 Å². The van der Waals surface area contributed by atoms with Crippen LogP contribution in [0.5, 0.6) is 0 Å². The lowest BCUT2D eigenvalue weighted by Crippen LogP contribution is -2.74. The van der Waals surface area contributed by atoms with Crippen molar-refractivity contribution in [2.24, 2.45) is 0 Å². The molecule has 0 saturated heterocycles. The normalized spacial score (nSPS) is 13.0. The number of fused-ring (bicyclic) bond motifs is 9. The molecule has 0 amide bonds. The molecule has 13 rings (SSSR count). The zero-order chi connectivity index (χ0) is 57.8. The molecule has 0 aliphatic heterocycles. The van der Waals surface area contributed by atoms with Gasteiger partial charge in [-0.05, 0) is 175 Å². The molecular weight excluding hydrogens is 1030 g/mol. The van der Waals surface area contributed by atoms with Crippen LogP contribution < -0.4 is 20.7 Å². The van der Waals surface area contributed by atoms with Gasteiger partial charge < -0.3 is 0 Å². The molecule has 13 aromatic rings. The lowest BCUT2D eigenvalue weighted by molar-refractivity contribution is 0.505. The summed E-state index contributed by atoms with van der Waals surface area (Å²) in [6, 6.07) is 57.1. The first kappa shape index (κ1) is 53.7. The number of nitrogens with zero attached hydrogens (tertiary/aromatic N) is 9. The van der Waals surface area contributed by atoms with Gasteiger partial charge in [-0.1, -0.05) is 144 Å². The quantitative estimate of drug-likeness (QED) is 0.0844. The highest BCUT2D eigenvalue weighted by Gasteiger charge is 2.42. The van der Waals surface area contributed by atoms with Gasteiger partial charge in [-0.3, -0.25) is 13.7 Å². The van der Waals surface area contributed by atoms with Gasteiger partial charge in [-0.2, -0.15) is 0 Å². The molecule has 83 heavy (non-hydrogen) atoms. The van der Waals surface area contributed by atoms with E-state index in [4.69, 9.17) is 29.9 Å². The Kier molecular flexibility index (Phi) is 12.8. The van der Waals surface area contributed by atoms with Gasteiger partial charge in [0.05, 0.1) is 0 Å². The third-order valence-corrected chi connectivity index (χ3v) is 23.7. The van der Waals surface area contributed by atoms with Gasteiger partial charge in [-0.15, -0.1) is 0 Å². The predicted octanol–water partition coefficient (Wildman–Crippen LogP) is 15.1. The van der Waals surface area contributed by atoms with Crippen molar-refractivity contribution < 1.29 is 0 Å². The SMILES string of the molecule is CCC(C)(C)c1cnc2c(c1)c1cccnc1n2-c1ccc([Si](c2ccc(-n3c4ncccc4c4cc(C(C)(C)CC)cnc43)cc2)(c2ccc(-n3c4ncccc4c4cc(C(C)(C)CC)cnc43)cc2)c2cccc(C(C)(C)C)c2)cc1. The maximum absolute atomic E-state index is 5.24. The first-order valence-corrected chi connectivity index (χ1v) is 31.6. The minimum absolute atomic E-state index is 0.0197. The number of benzene rings is 4. The van der Waals surface area contributed by atoms with Crippen molar-refractivity contribution in [3.05, 3.63) is 211 Å². The molecule has 9 aromatic heterocycles. The van der Waals surface area contributed by atoms with Crippen LogP contribution in [-0.4, -0.2) is 51.7 Å². The molecule has 0 N–H and O–H groups in total. The molecule has 0 atom stereocenters. The zero-order valence-corrected chi connectivity index (χ0v) is 51.0. The fraction of sp³-hybridized carbons (Fsp3) is 0.260. The molecule has 0 spiro atoms. The smallest absolute Gasteiger partial charge is 0.179 e.